The first-order valence-electron chi connectivity index (χ1n) is 12.0. The van der Waals surface area contributed by atoms with Gasteiger partial charge in [-0.25, -0.2) is 0 Å². The van der Waals surface area contributed by atoms with Crippen LogP contribution >= 0.6 is 0 Å². The second-order valence-electron chi connectivity index (χ2n) is 9.81. The number of carbonyl (C=O) groups excluding carboxylic acids is 1. The number of nitrogens with zero attached hydrogens (tertiary/aromatic N) is 1. The highest BCUT2D eigenvalue weighted by atomic mass is 16.1. The highest BCUT2D eigenvalue weighted by molar-refractivity contribution is 6.36. The van der Waals surface area contributed by atoms with Crippen molar-refractivity contribution in [3.05, 3.63) is 71.8 Å². The molecule has 1 saturated heterocycles. The standard InChI is InChI=1S/C28H31NO/c30-27-25(21-12-6-2-7-13-21)24(20-10-4-1-5-11-20)26-22-14-16-23(17-15-22)28(26,27)29-18-8-3-9-19-29/h1-2,4-7,10-13,22-23,26H,3,8-9,14-19H2/t22?,23?,26-,28+/m1/s1. The lowest BCUT2D eigenvalue weighted by molar-refractivity contribution is -0.144. The van der Waals surface area contributed by atoms with Crippen LogP contribution in [0.4, 0.5) is 0 Å². The monoisotopic (exact) mass is 397 g/mol. The number of rotatable bonds is 3. The van der Waals surface area contributed by atoms with Gasteiger partial charge in [0.1, 0.15) is 0 Å². The van der Waals surface area contributed by atoms with Crippen molar-refractivity contribution in [3.8, 4) is 0 Å². The van der Waals surface area contributed by atoms with E-state index >= 15 is 0 Å². The molecule has 0 radical (unpaired) electrons. The van der Waals surface area contributed by atoms with Crippen LogP contribution in [0.1, 0.15) is 56.1 Å². The van der Waals surface area contributed by atoms with Crippen molar-refractivity contribution in [2.45, 2.75) is 50.5 Å². The second-order valence-corrected chi connectivity index (χ2v) is 9.81. The van der Waals surface area contributed by atoms with E-state index in [4.69, 9.17) is 0 Å². The van der Waals surface area contributed by atoms with Gasteiger partial charge in [-0.1, -0.05) is 67.1 Å². The van der Waals surface area contributed by atoms with Crippen molar-refractivity contribution in [2.24, 2.45) is 17.8 Å². The predicted molar refractivity (Wildman–Crippen MR) is 122 cm³/mol. The van der Waals surface area contributed by atoms with E-state index in [0.29, 0.717) is 23.5 Å². The predicted octanol–water partition coefficient (Wildman–Crippen LogP) is 5.84. The smallest absolute Gasteiger partial charge is 0.184 e. The Labute approximate surface area is 180 Å². The number of Topliss-reactive ketones (excluding diaryl/α,β-unsaturated/α-hetero) is 1. The van der Waals surface area contributed by atoms with E-state index in [1.54, 1.807) is 0 Å². The Kier molecular flexibility index (Phi) is 4.46. The number of hydrogen-bond acceptors (Lipinski definition) is 2. The zero-order valence-electron chi connectivity index (χ0n) is 17.7. The SMILES string of the molecule is O=C1C(c2ccccc2)=C(c2ccccc2)[C@H]2C3CCC(CC3)[C@@]12N1CCCCC1. The molecule has 1 heterocycles. The molecule has 1 aliphatic heterocycles. The molecule has 0 N–H and O–H groups in total. The number of hydrogen-bond donors (Lipinski definition) is 0. The molecule has 0 amide bonds. The lowest BCUT2D eigenvalue weighted by Gasteiger charge is -2.59. The molecule has 5 aliphatic rings. The quantitative estimate of drug-likeness (QED) is 0.648. The van der Waals surface area contributed by atoms with Crippen LogP contribution in [0.3, 0.4) is 0 Å². The molecule has 30 heavy (non-hydrogen) atoms. The Hall–Kier alpha value is -2.19. The highest BCUT2D eigenvalue weighted by Crippen LogP contribution is 2.64. The van der Waals surface area contributed by atoms with E-state index < -0.39 is 0 Å². The molecular weight excluding hydrogens is 366 g/mol. The normalized spacial score (nSPS) is 33.7. The third kappa shape index (κ3) is 2.49. The number of ketones is 1. The van der Waals surface area contributed by atoms with Crippen LogP contribution in [-0.2, 0) is 4.79 Å². The number of piperidine rings is 1. The zero-order valence-corrected chi connectivity index (χ0v) is 17.7. The summed E-state index contributed by atoms with van der Waals surface area (Å²) in [5.41, 5.74) is 4.47. The van der Waals surface area contributed by atoms with Gasteiger partial charge in [-0.3, -0.25) is 9.69 Å². The van der Waals surface area contributed by atoms with E-state index in [-0.39, 0.29) is 5.54 Å². The molecule has 0 unspecified atom stereocenters. The van der Waals surface area contributed by atoms with Crippen molar-refractivity contribution >= 4 is 16.9 Å². The average Bonchev–Trinajstić information content (AvgIpc) is 3.13. The van der Waals surface area contributed by atoms with E-state index in [9.17, 15) is 4.79 Å². The van der Waals surface area contributed by atoms with Gasteiger partial charge in [0.2, 0.25) is 0 Å². The molecule has 4 aliphatic carbocycles. The van der Waals surface area contributed by atoms with Crippen molar-refractivity contribution in [1.29, 1.82) is 0 Å². The molecule has 7 rings (SSSR count). The Morgan fingerprint density at radius 1 is 0.733 bits per heavy atom. The number of fused-ring (bicyclic) bond motifs is 2. The first kappa shape index (κ1) is 18.6. The van der Waals surface area contributed by atoms with Gasteiger partial charge in [0.25, 0.3) is 0 Å². The maximum absolute atomic E-state index is 14.6. The van der Waals surface area contributed by atoms with Crippen LogP contribution in [0.2, 0.25) is 0 Å². The summed E-state index contributed by atoms with van der Waals surface area (Å²) in [5.74, 6) is 1.94. The van der Waals surface area contributed by atoms with Crippen LogP contribution in [0.15, 0.2) is 60.7 Å². The zero-order chi connectivity index (χ0) is 20.1. The lowest BCUT2D eigenvalue weighted by atomic mass is 9.52. The third-order valence-corrected chi connectivity index (χ3v) is 8.54. The van der Waals surface area contributed by atoms with E-state index in [2.05, 4.69) is 65.6 Å². The average molecular weight is 398 g/mol. The van der Waals surface area contributed by atoms with E-state index in [1.165, 1.54) is 56.1 Å². The van der Waals surface area contributed by atoms with Crippen molar-refractivity contribution < 1.29 is 4.79 Å². The van der Waals surface area contributed by atoms with Crippen LogP contribution < -0.4 is 0 Å². The topological polar surface area (TPSA) is 20.3 Å². The Bertz CT molecular complexity index is 964. The molecule has 154 valence electrons. The van der Waals surface area contributed by atoms with Gasteiger partial charge in [0, 0.05) is 11.5 Å². The fraction of sp³-hybridized carbons (Fsp3) is 0.464. The van der Waals surface area contributed by atoms with Crippen molar-refractivity contribution in [2.75, 3.05) is 13.1 Å². The fourth-order valence-electron chi connectivity index (χ4n) is 7.46. The lowest BCUT2D eigenvalue weighted by Crippen LogP contribution is -2.67. The molecule has 2 atom stereocenters. The van der Waals surface area contributed by atoms with Gasteiger partial charge in [0.15, 0.2) is 5.78 Å². The minimum absolute atomic E-state index is 0.294. The fourth-order valence-corrected chi connectivity index (χ4v) is 7.46. The summed E-state index contributed by atoms with van der Waals surface area (Å²) < 4.78 is 0. The van der Waals surface area contributed by atoms with Gasteiger partial charge >= 0.3 is 0 Å². The Morgan fingerprint density at radius 3 is 1.97 bits per heavy atom. The maximum Gasteiger partial charge on any atom is 0.184 e. The van der Waals surface area contributed by atoms with Gasteiger partial charge in [-0.05, 0) is 80.2 Å². The summed E-state index contributed by atoms with van der Waals surface area (Å²) in [6.07, 6.45) is 8.82. The first-order chi connectivity index (χ1) is 14.8. The van der Waals surface area contributed by atoms with Crippen LogP contribution in [-0.4, -0.2) is 29.3 Å². The molecule has 0 spiro atoms. The van der Waals surface area contributed by atoms with Crippen molar-refractivity contribution in [3.63, 3.8) is 0 Å². The second kappa shape index (κ2) is 7.20. The van der Waals surface area contributed by atoms with Gasteiger partial charge in [0.05, 0.1) is 5.54 Å². The van der Waals surface area contributed by atoms with E-state index in [0.717, 1.165) is 24.2 Å². The third-order valence-electron chi connectivity index (χ3n) is 8.54. The van der Waals surface area contributed by atoms with Crippen LogP contribution in [0.25, 0.3) is 11.1 Å². The molecule has 2 nitrogen and oxygen atoms in total. The molecule has 4 fully saturated rings. The number of carbonyl (C=O) groups is 1. The maximum atomic E-state index is 14.6. The Balaban J connectivity index is 1.61. The summed E-state index contributed by atoms with van der Waals surface area (Å²) in [6, 6.07) is 21.4. The molecule has 3 saturated carbocycles. The minimum Gasteiger partial charge on any atom is -0.292 e. The van der Waals surface area contributed by atoms with Gasteiger partial charge in [-0.2, -0.15) is 0 Å². The number of likely N-dealkylation sites (tertiary alicyclic amines) is 1. The summed E-state index contributed by atoms with van der Waals surface area (Å²) in [7, 11) is 0. The molecule has 2 aromatic carbocycles. The number of benzene rings is 2. The Morgan fingerprint density at radius 2 is 1.33 bits per heavy atom. The molecule has 2 aromatic rings. The molecule has 2 heteroatoms. The summed E-state index contributed by atoms with van der Waals surface area (Å²) >= 11 is 0. The van der Waals surface area contributed by atoms with Gasteiger partial charge < -0.3 is 0 Å². The summed E-state index contributed by atoms with van der Waals surface area (Å²) in [5, 5.41) is 0. The van der Waals surface area contributed by atoms with Crippen molar-refractivity contribution in [1.82, 2.24) is 4.90 Å². The largest absolute Gasteiger partial charge is 0.292 e. The molecule has 0 aromatic heterocycles. The van der Waals surface area contributed by atoms with Crippen LogP contribution in [0.5, 0.6) is 0 Å². The van der Waals surface area contributed by atoms with E-state index in [1.807, 2.05) is 0 Å². The van der Waals surface area contributed by atoms with Crippen LogP contribution in [0, 0.1) is 17.8 Å². The first-order valence-corrected chi connectivity index (χ1v) is 12.0. The van der Waals surface area contributed by atoms with Gasteiger partial charge in [-0.15, -0.1) is 0 Å². The minimum atomic E-state index is -0.294. The summed E-state index contributed by atoms with van der Waals surface area (Å²) in [6.45, 7) is 2.19. The summed E-state index contributed by atoms with van der Waals surface area (Å²) in [4.78, 5) is 17.3. The molecule has 2 bridgehead atoms. The highest BCUT2D eigenvalue weighted by Gasteiger charge is 2.66. The molecular formula is C28H31NO.